The molecule has 10 heteroatoms. The van der Waals surface area contributed by atoms with Gasteiger partial charge in [-0.15, -0.1) is 0 Å². The first-order valence-corrected chi connectivity index (χ1v) is 10.2. The third kappa shape index (κ3) is 4.92. The standard InChI is InChI=1S/C21H24N6O4/c22-20(28)31-18-4-1-3-17-19(18)24-21(23-17)26-11-2-10-25(13-14-26)12-9-15-5-7-16(8-6-15)27(29)30/h1,3-8H,2,9-14H2,(H2,22,28)(H,23,24). The van der Waals surface area contributed by atoms with Crippen LogP contribution in [0.2, 0.25) is 0 Å². The van der Waals surface area contributed by atoms with E-state index in [1.54, 1.807) is 24.3 Å². The molecule has 1 amide bonds. The van der Waals surface area contributed by atoms with E-state index in [0.29, 0.717) is 11.3 Å². The number of hydrogen-bond donors (Lipinski definition) is 2. The Hall–Kier alpha value is -3.66. The zero-order valence-corrected chi connectivity index (χ0v) is 17.0. The molecule has 162 valence electrons. The van der Waals surface area contributed by atoms with Gasteiger partial charge in [-0.1, -0.05) is 18.2 Å². The number of nitro groups is 1. The van der Waals surface area contributed by atoms with Crippen molar-refractivity contribution in [1.82, 2.24) is 14.9 Å². The molecule has 0 bridgehead atoms. The lowest BCUT2D eigenvalue weighted by atomic mass is 10.1. The quantitative estimate of drug-likeness (QED) is 0.459. The number of para-hydroxylation sites is 1. The number of nitrogens with two attached hydrogens (primary N) is 1. The van der Waals surface area contributed by atoms with Crippen LogP contribution >= 0.6 is 0 Å². The second-order valence-corrected chi connectivity index (χ2v) is 7.49. The summed E-state index contributed by atoms with van der Waals surface area (Å²) >= 11 is 0. The van der Waals surface area contributed by atoms with E-state index >= 15 is 0 Å². The number of primary amides is 1. The molecule has 4 rings (SSSR count). The summed E-state index contributed by atoms with van der Waals surface area (Å²) in [4.78, 5) is 34.1. The first kappa shape index (κ1) is 20.6. The van der Waals surface area contributed by atoms with Crippen molar-refractivity contribution >= 4 is 28.8 Å². The van der Waals surface area contributed by atoms with Crippen LogP contribution in [0, 0.1) is 10.1 Å². The summed E-state index contributed by atoms with van der Waals surface area (Å²) in [6.45, 7) is 4.42. The van der Waals surface area contributed by atoms with Gasteiger partial charge in [0.1, 0.15) is 5.52 Å². The van der Waals surface area contributed by atoms with Gasteiger partial charge in [-0.2, -0.15) is 0 Å². The molecule has 1 saturated heterocycles. The second kappa shape index (κ2) is 9.00. The van der Waals surface area contributed by atoms with Gasteiger partial charge in [0.05, 0.1) is 10.4 Å². The summed E-state index contributed by atoms with van der Waals surface area (Å²) in [6, 6.07) is 12.1. The predicted molar refractivity (Wildman–Crippen MR) is 116 cm³/mol. The number of benzene rings is 2. The third-order valence-electron chi connectivity index (χ3n) is 5.43. The molecule has 0 unspecified atom stereocenters. The first-order valence-electron chi connectivity index (χ1n) is 10.2. The SMILES string of the molecule is NC(=O)Oc1cccc2[nH]c(N3CCCN(CCc4ccc([N+](=O)[O-])cc4)CC3)nc12. The normalized spacial score (nSPS) is 15.0. The zero-order chi connectivity index (χ0) is 21.8. The van der Waals surface area contributed by atoms with Crippen LogP contribution in [0.3, 0.4) is 0 Å². The summed E-state index contributed by atoms with van der Waals surface area (Å²) in [5, 5.41) is 10.8. The summed E-state index contributed by atoms with van der Waals surface area (Å²) in [6.07, 6.45) is 0.966. The number of H-pyrrole nitrogens is 1. The molecule has 1 aliphatic heterocycles. The maximum absolute atomic E-state index is 11.1. The number of carbonyl (C=O) groups is 1. The number of hydrogen-bond acceptors (Lipinski definition) is 7. The average molecular weight is 424 g/mol. The molecule has 31 heavy (non-hydrogen) atoms. The molecule has 3 aromatic rings. The lowest BCUT2D eigenvalue weighted by Gasteiger charge is -2.21. The Labute approximate surface area is 178 Å². The number of rotatable bonds is 6. The summed E-state index contributed by atoms with van der Waals surface area (Å²) in [5.74, 6) is 1.08. The Balaban J connectivity index is 1.37. The molecule has 1 aromatic heterocycles. The minimum Gasteiger partial charge on any atom is -0.408 e. The molecule has 2 heterocycles. The topological polar surface area (TPSA) is 131 Å². The van der Waals surface area contributed by atoms with Gasteiger partial charge >= 0.3 is 6.09 Å². The molecule has 2 aromatic carbocycles. The number of fused-ring (bicyclic) bond motifs is 1. The van der Waals surface area contributed by atoms with Crippen molar-refractivity contribution in [2.45, 2.75) is 12.8 Å². The van der Waals surface area contributed by atoms with Crippen molar-refractivity contribution < 1.29 is 14.5 Å². The van der Waals surface area contributed by atoms with Crippen molar-refractivity contribution in [3.8, 4) is 5.75 Å². The number of ether oxygens (including phenoxy) is 1. The number of non-ortho nitro benzene ring substituents is 1. The smallest absolute Gasteiger partial charge is 0.408 e. The fourth-order valence-electron chi connectivity index (χ4n) is 3.81. The number of nitro benzene ring substituents is 1. The fourth-order valence-corrected chi connectivity index (χ4v) is 3.81. The highest BCUT2D eigenvalue weighted by atomic mass is 16.6. The number of aromatic amines is 1. The maximum atomic E-state index is 11.1. The summed E-state index contributed by atoms with van der Waals surface area (Å²) in [5.41, 5.74) is 7.72. The molecule has 1 aliphatic rings. The number of anilines is 1. The zero-order valence-electron chi connectivity index (χ0n) is 17.0. The molecule has 3 N–H and O–H groups in total. The van der Waals surface area contributed by atoms with Crippen molar-refractivity contribution in [3.05, 3.63) is 58.1 Å². The molecule has 0 radical (unpaired) electrons. The number of nitrogens with one attached hydrogen (secondary N) is 1. The van der Waals surface area contributed by atoms with Gasteiger partial charge in [0.25, 0.3) is 5.69 Å². The molecule has 0 spiro atoms. The van der Waals surface area contributed by atoms with Crippen LogP contribution < -0.4 is 15.4 Å². The van der Waals surface area contributed by atoms with Gasteiger partial charge in [0, 0.05) is 38.3 Å². The Morgan fingerprint density at radius 2 is 1.97 bits per heavy atom. The molecule has 0 atom stereocenters. The van der Waals surface area contributed by atoms with Gasteiger partial charge in [0.15, 0.2) is 5.75 Å². The van der Waals surface area contributed by atoms with E-state index < -0.39 is 6.09 Å². The van der Waals surface area contributed by atoms with E-state index in [1.807, 2.05) is 18.2 Å². The lowest BCUT2D eigenvalue weighted by Crippen LogP contribution is -2.32. The number of carbonyl (C=O) groups excluding carboxylic acids is 1. The van der Waals surface area contributed by atoms with E-state index in [-0.39, 0.29) is 10.6 Å². The Kier molecular flexibility index (Phi) is 5.99. The minimum atomic E-state index is -0.865. The van der Waals surface area contributed by atoms with Gasteiger partial charge in [0.2, 0.25) is 5.95 Å². The largest absolute Gasteiger partial charge is 0.410 e. The molecular weight excluding hydrogens is 400 g/mol. The van der Waals surface area contributed by atoms with Crippen LogP contribution in [-0.2, 0) is 6.42 Å². The number of imidazole rings is 1. The highest BCUT2D eigenvalue weighted by Gasteiger charge is 2.19. The van der Waals surface area contributed by atoms with E-state index in [2.05, 4.69) is 19.8 Å². The van der Waals surface area contributed by atoms with Gasteiger partial charge in [-0.3, -0.25) is 10.1 Å². The average Bonchev–Trinajstić information content (AvgIpc) is 3.05. The van der Waals surface area contributed by atoms with Gasteiger partial charge in [-0.25, -0.2) is 9.78 Å². The highest BCUT2D eigenvalue weighted by Crippen LogP contribution is 2.27. The van der Waals surface area contributed by atoms with Crippen LogP contribution in [0.1, 0.15) is 12.0 Å². The summed E-state index contributed by atoms with van der Waals surface area (Å²) in [7, 11) is 0. The molecular formula is C21H24N6O4. The molecule has 0 aliphatic carbocycles. The van der Waals surface area contributed by atoms with Gasteiger partial charge in [-0.05, 0) is 37.1 Å². The molecule has 1 fully saturated rings. The molecule has 0 saturated carbocycles. The Morgan fingerprint density at radius 1 is 1.16 bits per heavy atom. The van der Waals surface area contributed by atoms with E-state index in [1.165, 1.54) is 0 Å². The van der Waals surface area contributed by atoms with Crippen LogP contribution in [0.5, 0.6) is 5.75 Å². The number of amides is 1. The van der Waals surface area contributed by atoms with Crippen molar-refractivity contribution in [2.24, 2.45) is 5.73 Å². The maximum Gasteiger partial charge on any atom is 0.410 e. The van der Waals surface area contributed by atoms with E-state index in [9.17, 15) is 14.9 Å². The van der Waals surface area contributed by atoms with Crippen LogP contribution in [0.15, 0.2) is 42.5 Å². The van der Waals surface area contributed by atoms with Crippen molar-refractivity contribution in [2.75, 3.05) is 37.6 Å². The van der Waals surface area contributed by atoms with Crippen LogP contribution in [0.25, 0.3) is 11.0 Å². The van der Waals surface area contributed by atoms with Crippen LogP contribution in [0.4, 0.5) is 16.4 Å². The first-order chi connectivity index (χ1) is 15.0. The van der Waals surface area contributed by atoms with Crippen molar-refractivity contribution in [1.29, 1.82) is 0 Å². The lowest BCUT2D eigenvalue weighted by molar-refractivity contribution is -0.384. The third-order valence-corrected chi connectivity index (χ3v) is 5.43. The molecule has 10 nitrogen and oxygen atoms in total. The van der Waals surface area contributed by atoms with Crippen molar-refractivity contribution in [3.63, 3.8) is 0 Å². The highest BCUT2D eigenvalue weighted by molar-refractivity contribution is 5.86. The van der Waals surface area contributed by atoms with E-state index in [0.717, 1.165) is 62.6 Å². The Morgan fingerprint density at radius 3 is 2.71 bits per heavy atom. The summed E-state index contributed by atoms with van der Waals surface area (Å²) < 4.78 is 5.06. The Bertz CT molecular complexity index is 1080. The van der Waals surface area contributed by atoms with Crippen LogP contribution in [-0.4, -0.2) is 58.6 Å². The minimum absolute atomic E-state index is 0.115. The van der Waals surface area contributed by atoms with Gasteiger partial charge < -0.3 is 25.3 Å². The second-order valence-electron chi connectivity index (χ2n) is 7.49. The monoisotopic (exact) mass is 424 g/mol. The number of nitrogens with zero attached hydrogens (tertiary/aromatic N) is 4. The van der Waals surface area contributed by atoms with E-state index in [4.69, 9.17) is 10.5 Å². The number of aromatic nitrogens is 2. The predicted octanol–water partition coefficient (Wildman–Crippen LogP) is 2.68. The fraction of sp³-hybridized carbons (Fsp3) is 0.333.